The van der Waals surface area contributed by atoms with Crippen molar-refractivity contribution in [1.29, 1.82) is 0 Å². The fraction of sp³-hybridized carbons (Fsp3) is 0.467. The summed E-state index contributed by atoms with van der Waals surface area (Å²) in [5, 5.41) is 31.5. The first-order chi connectivity index (χ1) is 11.1. The average Bonchev–Trinajstić information content (AvgIpc) is 3.23. The number of nitro groups is 1. The van der Waals surface area contributed by atoms with Crippen molar-refractivity contribution in [1.82, 2.24) is 15.5 Å². The van der Waals surface area contributed by atoms with Gasteiger partial charge in [-0.15, -0.1) is 10.2 Å². The Bertz CT molecular complexity index is 677. The van der Waals surface area contributed by atoms with Gasteiger partial charge in [0.1, 0.15) is 0 Å². The van der Waals surface area contributed by atoms with Gasteiger partial charge in [-0.1, -0.05) is 12.8 Å². The van der Waals surface area contributed by atoms with Gasteiger partial charge in [0, 0.05) is 23.2 Å². The Hall–Kier alpha value is -2.32. The summed E-state index contributed by atoms with van der Waals surface area (Å²) in [5.74, 6) is 0.749. The van der Waals surface area contributed by atoms with Crippen molar-refractivity contribution >= 4 is 5.69 Å². The Labute approximate surface area is 132 Å². The molecule has 0 amide bonds. The predicted octanol–water partition coefficient (Wildman–Crippen LogP) is 2.04. The maximum absolute atomic E-state index is 10.6. The Morgan fingerprint density at radius 2 is 1.96 bits per heavy atom. The van der Waals surface area contributed by atoms with Gasteiger partial charge in [-0.25, -0.2) is 0 Å². The number of aliphatic hydroxyl groups excluding tert-OH is 1. The van der Waals surface area contributed by atoms with Crippen LogP contribution in [-0.2, 0) is 6.54 Å². The summed E-state index contributed by atoms with van der Waals surface area (Å²) in [6.07, 6.45) is 4.08. The van der Waals surface area contributed by atoms with Crippen LogP contribution in [0.25, 0.3) is 11.5 Å². The normalized spacial score (nSPS) is 16.6. The van der Waals surface area contributed by atoms with E-state index in [9.17, 15) is 15.2 Å². The highest BCUT2D eigenvalue weighted by Gasteiger charge is 2.32. The van der Waals surface area contributed by atoms with Gasteiger partial charge >= 0.3 is 0 Å². The van der Waals surface area contributed by atoms with E-state index in [4.69, 9.17) is 4.42 Å². The first-order valence-electron chi connectivity index (χ1n) is 7.55. The number of nitrogens with one attached hydrogen (secondary N) is 1. The molecule has 1 saturated carbocycles. The number of rotatable bonds is 6. The molecular weight excluding hydrogens is 300 g/mol. The second kappa shape index (κ2) is 6.43. The first kappa shape index (κ1) is 15.6. The van der Waals surface area contributed by atoms with Gasteiger partial charge in [-0.05, 0) is 25.0 Å². The van der Waals surface area contributed by atoms with Gasteiger partial charge in [-0.3, -0.25) is 10.1 Å². The minimum Gasteiger partial charge on any atom is -0.419 e. The predicted molar refractivity (Wildman–Crippen MR) is 81.5 cm³/mol. The number of nitrogens with zero attached hydrogens (tertiary/aromatic N) is 3. The minimum absolute atomic E-state index is 0.0151. The molecule has 8 heteroatoms. The fourth-order valence-corrected chi connectivity index (χ4v) is 2.87. The van der Waals surface area contributed by atoms with Gasteiger partial charge < -0.3 is 14.8 Å². The quantitative estimate of drug-likeness (QED) is 0.618. The fourth-order valence-electron chi connectivity index (χ4n) is 2.87. The Morgan fingerprint density at radius 1 is 1.26 bits per heavy atom. The maximum atomic E-state index is 10.6. The lowest BCUT2D eigenvalue weighted by Gasteiger charge is -2.27. The van der Waals surface area contributed by atoms with Crippen molar-refractivity contribution in [3.05, 3.63) is 40.3 Å². The molecular formula is C15H18N4O4. The molecule has 1 aliphatic rings. The monoisotopic (exact) mass is 318 g/mol. The van der Waals surface area contributed by atoms with Crippen LogP contribution in [0, 0.1) is 10.1 Å². The van der Waals surface area contributed by atoms with Crippen LogP contribution in [0.3, 0.4) is 0 Å². The highest BCUT2D eigenvalue weighted by molar-refractivity contribution is 5.55. The zero-order chi connectivity index (χ0) is 16.3. The minimum atomic E-state index is -0.455. The lowest BCUT2D eigenvalue weighted by molar-refractivity contribution is -0.384. The molecule has 8 nitrogen and oxygen atoms in total. The molecule has 1 aromatic heterocycles. The molecule has 0 spiro atoms. The van der Waals surface area contributed by atoms with Crippen LogP contribution in [0.1, 0.15) is 31.6 Å². The van der Waals surface area contributed by atoms with Crippen LogP contribution in [0.5, 0.6) is 0 Å². The van der Waals surface area contributed by atoms with Gasteiger partial charge in [0.25, 0.3) is 5.69 Å². The van der Waals surface area contributed by atoms with Gasteiger partial charge in [0.05, 0.1) is 18.1 Å². The van der Waals surface area contributed by atoms with E-state index >= 15 is 0 Å². The Balaban J connectivity index is 1.67. The van der Waals surface area contributed by atoms with E-state index < -0.39 is 4.92 Å². The van der Waals surface area contributed by atoms with Crippen molar-refractivity contribution in [2.75, 3.05) is 6.61 Å². The lowest BCUT2D eigenvalue weighted by atomic mass is 9.99. The molecule has 1 aromatic carbocycles. The first-order valence-corrected chi connectivity index (χ1v) is 7.55. The van der Waals surface area contributed by atoms with Crippen LogP contribution in [0.15, 0.2) is 28.7 Å². The summed E-state index contributed by atoms with van der Waals surface area (Å²) < 4.78 is 5.58. The van der Waals surface area contributed by atoms with Crippen molar-refractivity contribution in [3.8, 4) is 11.5 Å². The summed E-state index contributed by atoms with van der Waals surface area (Å²) in [7, 11) is 0. The maximum Gasteiger partial charge on any atom is 0.269 e. The zero-order valence-electron chi connectivity index (χ0n) is 12.6. The van der Waals surface area contributed by atoms with E-state index in [0.29, 0.717) is 23.9 Å². The molecule has 0 radical (unpaired) electrons. The number of aliphatic hydroxyl groups is 1. The third-order valence-electron chi connectivity index (χ3n) is 4.27. The molecule has 1 fully saturated rings. The lowest BCUT2D eigenvalue weighted by Crippen LogP contribution is -2.45. The number of aromatic nitrogens is 2. The third-order valence-corrected chi connectivity index (χ3v) is 4.27. The molecule has 2 aromatic rings. The summed E-state index contributed by atoms with van der Waals surface area (Å²) in [6.45, 7) is 0.483. The summed E-state index contributed by atoms with van der Waals surface area (Å²) in [6, 6.07) is 5.96. The Kier molecular flexibility index (Phi) is 4.35. The van der Waals surface area contributed by atoms with E-state index in [0.717, 1.165) is 25.7 Å². The molecule has 0 saturated heterocycles. The van der Waals surface area contributed by atoms with Crippen molar-refractivity contribution in [2.45, 2.75) is 37.8 Å². The van der Waals surface area contributed by atoms with Gasteiger partial charge in [0.15, 0.2) is 0 Å². The van der Waals surface area contributed by atoms with Crippen LogP contribution in [-0.4, -0.2) is 32.4 Å². The Morgan fingerprint density at radius 3 is 2.57 bits per heavy atom. The van der Waals surface area contributed by atoms with Crippen LogP contribution < -0.4 is 5.32 Å². The van der Waals surface area contributed by atoms with E-state index in [1.165, 1.54) is 12.1 Å². The number of benzene rings is 1. The number of nitro benzene ring substituents is 1. The second-order valence-corrected chi connectivity index (χ2v) is 5.80. The molecule has 23 heavy (non-hydrogen) atoms. The molecule has 122 valence electrons. The number of non-ortho nitro benzene ring substituents is 1. The molecule has 0 aliphatic heterocycles. The second-order valence-electron chi connectivity index (χ2n) is 5.80. The van der Waals surface area contributed by atoms with Crippen LogP contribution in [0.2, 0.25) is 0 Å². The van der Waals surface area contributed by atoms with Gasteiger partial charge in [0.2, 0.25) is 11.8 Å². The standard InChI is InChI=1S/C15H18N4O4/c20-10-15(7-1-2-8-15)16-9-13-17-18-14(23-13)11-3-5-12(6-4-11)19(21)22/h3-6,16,20H,1-2,7-10H2. The molecule has 3 rings (SSSR count). The summed E-state index contributed by atoms with van der Waals surface area (Å²) >= 11 is 0. The smallest absolute Gasteiger partial charge is 0.269 e. The summed E-state index contributed by atoms with van der Waals surface area (Å²) in [4.78, 5) is 10.2. The average molecular weight is 318 g/mol. The van der Waals surface area contributed by atoms with Crippen molar-refractivity contribution in [2.24, 2.45) is 0 Å². The van der Waals surface area contributed by atoms with Gasteiger partial charge in [-0.2, -0.15) is 0 Å². The molecule has 1 aliphatic carbocycles. The highest BCUT2D eigenvalue weighted by Crippen LogP contribution is 2.29. The molecule has 0 unspecified atom stereocenters. The van der Waals surface area contributed by atoms with E-state index in [-0.39, 0.29) is 17.8 Å². The molecule has 0 bridgehead atoms. The number of hydrogen-bond donors (Lipinski definition) is 2. The highest BCUT2D eigenvalue weighted by atomic mass is 16.6. The molecule has 0 atom stereocenters. The summed E-state index contributed by atoms with van der Waals surface area (Å²) in [5.41, 5.74) is 0.399. The largest absolute Gasteiger partial charge is 0.419 e. The van der Waals surface area contributed by atoms with Crippen molar-refractivity contribution < 1.29 is 14.4 Å². The third kappa shape index (κ3) is 3.38. The number of hydrogen-bond acceptors (Lipinski definition) is 7. The SMILES string of the molecule is O=[N+]([O-])c1ccc(-c2nnc(CNC3(CO)CCCC3)o2)cc1. The topological polar surface area (TPSA) is 114 Å². The van der Waals surface area contributed by atoms with E-state index in [1.807, 2.05) is 0 Å². The van der Waals surface area contributed by atoms with Crippen LogP contribution >= 0.6 is 0 Å². The van der Waals surface area contributed by atoms with Crippen molar-refractivity contribution in [3.63, 3.8) is 0 Å². The molecule has 1 heterocycles. The van der Waals surface area contributed by atoms with Crippen LogP contribution in [0.4, 0.5) is 5.69 Å². The van der Waals surface area contributed by atoms with E-state index in [2.05, 4.69) is 15.5 Å². The van der Waals surface area contributed by atoms with E-state index in [1.54, 1.807) is 12.1 Å². The molecule has 2 N–H and O–H groups in total. The zero-order valence-corrected chi connectivity index (χ0v) is 12.6.